The summed E-state index contributed by atoms with van der Waals surface area (Å²) in [7, 11) is 0. The van der Waals surface area contributed by atoms with Gasteiger partial charge in [0.25, 0.3) is 0 Å². The number of nitrogens with zero attached hydrogens (tertiary/aromatic N) is 1. The highest BCUT2D eigenvalue weighted by molar-refractivity contribution is 5.77. The monoisotopic (exact) mass is 249 g/mol. The molecule has 0 bridgehead atoms. The number of carbonyl (C=O) groups excluding carboxylic acids is 1. The predicted molar refractivity (Wildman–Crippen MR) is 71.9 cm³/mol. The molecule has 2 unspecified atom stereocenters. The minimum atomic E-state index is -0.0395. The molecule has 1 saturated heterocycles. The zero-order valence-corrected chi connectivity index (χ0v) is 11.2. The van der Waals surface area contributed by atoms with E-state index in [-0.39, 0.29) is 18.0 Å². The molecule has 18 heavy (non-hydrogen) atoms. The standard InChI is InChI=1S/C14H23N3O/c1-10(2)11(15)9-14(18)17-8-4-6-13(17)12-5-3-7-16-12/h3,5,7,10-11,13,16H,4,6,8-9,15H2,1-2H3. The third kappa shape index (κ3) is 2.75. The number of H-pyrrole nitrogens is 1. The van der Waals surface area contributed by atoms with E-state index in [1.165, 1.54) is 0 Å². The molecule has 1 aromatic rings. The first-order valence-electron chi connectivity index (χ1n) is 6.78. The molecule has 1 aliphatic heterocycles. The summed E-state index contributed by atoms with van der Waals surface area (Å²) in [4.78, 5) is 17.5. The average molecular weight is 249 g/mol. The lowest BCUT2D eigenvalue weighted by Gasteiger charge is -2.26. The zero-order valence-electron chi connectivity index (χ0n) is 11.2. The van der Waals surface area contributed by atoms with Gasteiger partial charge in [-0.25, -0.2) is 0 Å². The number of hydrogen-bond acceptors (Lipinski definition) is 2. The molecule has 2 rings (SSSR count). The lowest BCUT2D eigenvalue weighted by molar-refractivity contribution is -0.132. The number of carbonyl (C=O) groups is 1. The second-order valence-electron chi connectivity index (χ2n) is 5.48. The smallest absolute Gasteiger partial charge is 0.224 e. The highest BCUT2D eigenvalue weighted by atomic mass is 16.2. The van der Waals surface area contributed by atoms with Crippen LogP contribution in [0.1, 0.15) is 44.8 Å². The molecule has 2 heterocycles. The Kier molecular flexibility index (Phi) is 4.07. The maximum atomic E-state index is 12.3. The number of rotatable bonds is 4. The third-order valence-corrected chi connectivity index (χ3v) is 3.82. The van der Waals surface area contributed by atoms with Crippen molar-refractivity contribution in [3.63, 3.8) is 0 Å². The normalized spacial score (nSPS) is 21.6. The Labute approximate surface area is 109 Å². The molecular formula is C14H23N3O. The van der Waals surface area contributed by atoms with Crippen LogP contribution < -0.4 is 5.73 Å². The molecule has 3 N–H and O–H groups in total. The average Bonchev–Trinajstić information content (AvgIpc) is 2.99. The van der Waals surface area contributed by atoms with Crippen LogP contribution in [0.25, 0.3) is 0 Å². The van der Waals surface area contributed by atoms with Crippen LogP contribution in [0.5, 0.6) is 0 Å². The van der Waals surface area contributed by atoms with Crippen molar-refractivity contribution >= 4 is 5.91 Å². The number of hydrogen-bond donors (Lipinski definition) is 2. The van der Waals surface area contributed by atoms with Crippen molar-refractivity contribution in [2.45, 2.75) is 45.2 Å². The summed E-state index contributed by atoms with van der Waals surface area (Å²) >= 11 is 0. The van der Waals surface area contributed by atoms with E-state index >= 15 is 0 Å². The highest BCUT2D eigenvalue weighted by Crippen LogP contribution is 2.31. The van der Waals surface area contributed by atoms with Crippen LogP contribution in [-0.2, 0) is 4.79 Å². The van der Waals surface area contributed by atoms with Gasteiger partial charge in [-0.3, -0.25) is 4.79 Å². The van der Waals surface area contributed by atoms with Gasteiger partial charge in [0, 0.05) is 30.9 Å². The molecule has 4 nitrogen and oxygen atoms in total. The molecule has 0 aliphatic carbocycles. The molecule has 100 valence electrons. The predicted octanol–water partition coefficient (Wildman–Crippen LogP) is 2.05. The lowest BCUT2D eigenvalue weighted by atomic mass is 10.0. The van der Waals surface area contributed by atoms with Crippen LogP contribution in [0.3, 0.4) is 0 Å². The molecule has 1 aromatic heterocycles. The molecule has 1 fully saturated rings. The van der Waals surface area contributed by atoms with Crippen molar-refractivity contribution in [2.75, 3.05) is 6.54 Å². The van der Waals surface area contributed by atoms with E-state index in [2.05, 4.69) is 24.9 Å². The van der Waals surface area contributed by atoms with Crippen LogP contribution in [0.15, 0.2) is 18.3 Å². The van der Waals surface area contributed by atoms with E-state index in [4.69, 9.17) is 5.73 Å². The van der Waals surface area contributed by atoms with E-state index in [0.717, 1.165) is 25.1 Å². The number of aromatic nitrogens is 1. The van der Waals surface area contributed by atoms with Crippen LogP contribution >= 0.6 is 0 Å². The summed E-state index contributed by atoms with van der Waals surface area (Å²) in [5.41, 5.74) is 7.13. The van der Waals surface area contributed by atoms with E-state index < -0.39 is 0 Å². The first-order valence-corrected chi connectivity index (χ1v) is 6.78. The molecule has 0 saturated carbocycles. The van der Waals surface area contributed by atoms with Gasteiger partial charge in [0.05, 0.1) is 6.04 Å². The third-order valence-electron chi connectivity index (χ3n) is 3.82. The second-order valence-corrected chi connectivity index (χ2v) is 5.48. The van der Waals surface area contributed by atoms with Crippen molar-refractivity contribution in [2.24, 2.45) is 11.7 Å². The fourth-order valence-corrected chi connectivity index (χ4v) is 2.49. The quantitative estimate of drug-likeness (QED) is 0.858. The van der Waals surface area contributed by atoms with E-state index in [1.807, 2.05) is 17.2 Å². The Bertz CT molecular complexity index is 386. The van der Waals surface area contributed by atoms with Crippen molar-refractivity contribution in [3.05, 3.63) is 24.0 Å². The van der Waals surface area contributed by atoms with Gasteiger partial charge >= 0.3 is 0 Å². The number of aromatic amines is 1. The summed E-state index contributed by atoms with van der Waals surface area (Å²) in [5, 5.41) is 0. The molecule has 0 spiro atoms. The van der Waals surface area contributed by atoms with Gasteiger partial charge in [-0.05, 0) is 30.9 Å². The molecule has 0 aromatic carbocycles. The topological polar surface area (TPSA) is 62.1 Å². The molecule has 0 radical (unpaired) electrons. The Morgan fingerprint density at radius 1 is 1.61 bits per heavy atom. The first kappa shape index (κ1) is 13.1. The van der Waals surface area contributed by atoms with Crippen LogP contribution in [0, 0.1) is 5.92 Å². The van der Waals surface area contributed by atoms with Gasteiger partial charge in [0.1, 0.15) is 0 Å². The van der Waals surface area contributed by atoms with E-state index in [0.29, 0.717) is 12.3 Å². The van der Waals surface area contributed by atoms with E-state index in [1.54, 1.807) is 0 Å². The fraction of sp³-hybridized carbons (Fsp3) is 0.643. The number of amides is 1. The van der Waals surface area contributed by atoms with Gasteiger partial charge in [0.15, 0.2) is 0 Å². The first-order chi connectivity index (χ1) is 8.59. The largest absolute Gasteiger partial charge is 0.363 e. The Balaban J connectivity index is 2.01. The molecule has 1 amide bonds. The summed E-state index contributed by atoms with van der Waals surface area (Å²) < 4.78 is 0. The van der Waals surface area contributed by atoms with Gasteiger partial charge in [-0.1, -0.05) is 13.8 Å². The second kappa shape index (κ2) is 5.57. The SMILES string of the molecule is CC(C)C(N)CC(=O)N1CCCC1c1ccc[nH]1. The van der Waals surface area contributed by atoms with Crippen LogP contribution in [0.2, 0.25) is 0 Å². The van der Waals surface area contributed by atoms with Gasteiger partial charge in [-0.15, -0.1) is 0 Å². The maximum absolute atomic E-state index is 12.3. The van der Waals surface area contributed by atoms with Crippen LogP contribution in [-0.4, -0.2) is 28.4 Å². The van der Waals surface area contributed by atoms with Crippen molar-refractivity contribution in [3.8, 4) is 0 Å². The highest BCUT2D eigenvalue weighted by Gasteiger charge is 2.31. The molecule has 1 aliphatic rings. The van der Waals surface area contributed by atoms with Crippen LogP contribution in [0.4, 0.5) is 0 Å². The summed E-state index contributed by atoms with van der Waals surface area (Å²) in [6.07, 6.45) is 4.49. The van der Waals surface area contributed by atoms with Gasteiger partial charge in [0.2, 0.25) is 5.91 Å². The summed E-state index contributed by atoms with van der Waals surface area (Å²) in [6.45, 7) is 4.97. The maximum Gasteiger partial charge on any atom is 0.224 e. The van der Waals surface area contributed by atoms with E-state index in [9.17, 15) is 4.79 Å². The van der Waals surface area contributed by atoms with Crippen molar-refractivity contribution in [1.29, 1.82) is 0 Å². The number of nitrogens with two attached hydrogens (primary N) is 1. The number of likely N-dealkylation sites (tertiary alicyclic amines) is 1. The van der Waals surface area contributed by atoms with Gasteiger partial charge < -0.3 is 15.6 Å². The number of nitrogens with one attached hydrogen (secondary N) is 1. The Hall–Kier alpha value is -1.29. The summed E-state index contributed by atoms with van der Waals surface area (Å²) in [5.74, 6) is 0.536. The minimum absolute atomic E-state index is 0.0395. The Morgan fingerprint density at radius 2 is 2.39 bits per heavy atom. The molecule has 4 heteroatoms. The fourth-order valence-electron chi connectivity index (χ4n) is 2.49. The summed E-state index contributed by atoms with van der Waals surface area (Å²) in [6, 6.07) is 4.21. The zero-order chi connectivity index (χ0) is 13.1. The Morgan fingerprint density at radius 3 is 3.00 bits per heavy atom. The van der Waals surface area contributed by atoms with Gasteiger partial charge in [-0.2, -0.15) is 0 Å². The minimum Gasteiger partial charge on any atom is -0.363 e. The van der Waals surface area contributed by atoms with Crippen molar-refractivity contribution < 1.29 is 4.79 Å². The molecule has 2 atom stereocenters. The lowest BCUT2D eigenvalue weighted by Crippen LogP contribution is -2.37. The van der Waals surface area contributed by atoms with Crippen molar-refractivity contribution in [1.82, 2.24) is 9.88 Å². The molecular weight excluding hydrogens is 226 g/mol.